The number of amides is 1. The molecule has 0 aromatic heterocycles. The summed E-state index contributed by atoms with van der Waals surface area (Å²) >= 11 is 0. The monoisotopic (exact) mass is 354 g/mol. The van der Waals surface area contributed by atoms with Crippen LogP contribution in [0.5, 0.6) is 0 Å². The van der Waals surface area contributed by atoms with E-state index < -0.39 is 0 Å². The third-order valence-corrected chi connectivity index (χ3v) is 7.41. The maximum atomic E-state index is 12.0. The van der Waals surface area contributed by atoms with Crippen molar-refractivity contribution in [3.05, 3.63) is 29.8 Å². The molecule has 4 unspecified atom stereocenters. The summed E-state index contributed by atoms with van der Waals surface area (Å²) in [7, 11) is 1.53. The number of esters is 1. The Morgan fingerprint density at radius 2 is 1.69 bits per heavy atom. The van der Waals surface area contributed by atoms with Gasteiger partial charge in [-0.05, 0) is 59.3 Å². The first-order valence-corrected chi connectivity index (χ1v) is 9.07. The summed E-state index contributed by atoms with van der Waals surface area (Å²) in [6.45, 7) is 9.22. The standard InChI is InChI=1S/C13H20O2.C8H6N2O/c1-6-8-10-9(12(8,3)4)7(2)13(6,10)11(14)15-5;9-5-7-1-3-8(4-2-7)10-6-11/h6-10H,1-5H3;1-4,6H,(H,10,11). The average Bonchev–Trinajstić information content (AvgIpc) is 2.61. The SMILES string of the molecule is COC(=O)C12C(C)C3C1C(C2C)C3(C)C.N#Cc1ccc(NC=O)cc1. The zero-order valence-electron chi connectivity index (χ0n) is 15.9. The third-order valence-electron chi connectivity index (χ3n) is 7.41. The lowest BCUT2D eigenvalue weighted by Crippen LogP contribution is -2.87. The van der Waals surface area contributed by atoms with Gasteiger partial charge in [-0.15, -0.1) is 0 Å². The number of nitrogens with one attached hydrogen (secondary N) is 1. The van der Waals surface area contributed by atoms with E-state index >= 15 is 0 Å². The van der Waals surface area contributed by atoms with Crippen LogP contribution < -0.4 is 5.32 Å². The van der Waals surface area contributed by atoms with Crippen LogP contribution in [0.3, 0.4) is 0 Å². The lowest BCUT2D eigenvalue weighted by Gasteiger charge is -2.87. The molecule has 0 saturated heterocycles. The molecule has 0 bridgehead atoms. The maximum absolute atomic E-state index is 12.0. The molecule has 138 valence electrons. The molecule has 0 spiro atoms. The smallest absolute Gasteiger partial charge is 0.312 e. The number of methoxy groups -OCH3 is 1. The van der Waals surface area contributed by atoms with Gasteiger partial charge in [0.1, 0.15) is 0 Å². The number of anilines is 1. The molecule has 4 atom stereocenters. The van der Waals surface area contributed by atoms with Gasteiger partial charge in [0.05, 0.1) is 24.2 Å². The van der Waals surface area contributed by atoms with Crippen LogP contribution >= 0.6 is 0 Å². The van der Waals surface area contributed by atoms with Crippen LogP contribution in [0, 0.1) is 51.8 Å². The average molecular weight is 354 g/mol. The van der Waals surface area contributed by atoms with Gasteiger partial charge < -0.3 is 10.1 Å². The van der Waals surface area contributed by atoms with Crippen LogP contribution in [-0.4, -0.2) is 19.5 Å². The van der Waals surface area contributed by atoms with Crippen molar-refractivity contribution < 1.29 is 14.3 Å². The lowest BCUT2D eigenvalue weighted by atomic mass is 9.15. The molecule has 1 amide bonds. The molecule has 5 nitrogen and oxygen atoms in total. The van der Waals surface area contributed by atoms with E-state index in [1.165, 1.54) is 7.11 Å². The molecule has 5 heteroatoms. The van der Waals surface area contributed by atoms with Crippen LogP contribution in [0.15, 0.2) is 24.3 Å². The summed E-state index contributed by atoms with van der Waals surface area (Å²) in [5, 5.41) is 10.9. The maximum Gasteiger partial charge on any atom is 0.312 e. The summed E-state index contributed by atoms with van der Waals surface area (Å²) < 4.78 is 5.02. The number of nitrogens with zero attached hydrogens (tertiary/aromatic N) is 1. The van der Waals surface area contributed by atoms with Gasteiger partial charge in [0.25, 0.3) is 0 Å². The zero-order valence-corrected chi connectivity index (χ0v) is 15.9. The Labute approximate surface area is 154 Å². The molecule has 3 saturated carbocycles. The van der Waals surface area contributed by atoms with Crippen molar-refractivity contribution in [2.75, 3.05) is 12.4 Å². The molecule has 1 aromatic carbocycles. The minimum atomic E-state index is -0.0976. The predicted octanol–water partition coefficient (Wildman–Crippen LogP) is 3.46. The quantitative estimate of drug-likeness (QED) is 0.666. The first-order chi connectivity index (χ1) is 12.3. The van der Waals surface area contributed by atoms with E-state index in [0.29, 0.717) is 40.8 Å². The Hall–Kier alpha value is -2.35. The van der Waals surface area contributed by atoms with Gasteiger partial charge in [0, 0.05) is 5.69 Å². The number of nitriles is 1. The number of hydrogen-bond donors (Lipinski definition) is 1. The zero-order chi connectivity index (χ0) is 19.3. The molecule has 1 aromatic rings. The first kappa shape index (κ1) is 18.4. The molecule has 3 aliphatic rings. The van der Waals surface area contributed by atoms with Gasteiger partial charge in [0.2, 0.25) is 6.41 Å². The van der Waals surface area contributed by atoms with Crippen LogP contribution in [0.25, 0.3) is 0 Å². The Morgan fingerprint density at radius 1 is 1.15 bits per heavy atom. The third kappa shape index (κ3) is 2.08. The number of benzene rings is 1. The molecule has 4 rings (SSSR count). The molecule has 3 fully saturated rings. The second kappa shape index (κ2) is 6.12. The fourth-order valence-electron chi connectivity index (χ4n) is 6.53. The number of ether oxygens (including phenoxy) is 1. The van der Waals surface area contributed by atoms with Crippen molar-refractivity contribution in [1.29, 1.82) is 5.26 Å². The molecule has 26 heavy (non-hydrogen) atoms. The van der Waals surface area contributed by atoms with Gasteiger partial charge in [-0.2, -0.15) is 5.26 Å². The van der Waals surface area contributed by atoms with Gasteiger partial charge in [-0.3, -0.25) is 9.59 Å². The summed E-state index contributed by atoms with van der Waals surface area (Å²) in [6.07, 6.45) is 0.599. The number of hydrogen-bond acceptors (Lipinski definition) is 4. The van der Waals surface area contributed by atoms with Crippen molar-refractivity contribution >= 4 is 18.1 Å². The minimum absolute atomic E-state index is 0.0514. The Bertz CT molecular complexity index is 729. The summed E-state index contributed by atoms with van der Waals surface area (Å²) in [5.41, 5.74) is 1.64. The normalized spacial score (nSPS) is 37.0. The van der Waals surface area contributed by atoms with Crippen LogP contribution in [-0.2, 0) is 14.3 Å². The van der Waals surface area contributed by atoms with Crippen molar-refractivity contribution in [2.24, 2.45) is 40.4 Å². The first-order valence-electron chi connectivity index (χ1n) is 9.07. The second-order valence-corrected chi connectivity index (χ2v) is 8.35. The molecule has 0 aliphatic heterocycles. The van der Waals surface area contributed by atoms with Gasteiger partial charge >= 0.3 is 5.97 Å². The van der Waals surface area contributed by atoms with Gasteiger partial charge in [0.15, 0.2) is 0 Å². The Kier molecular flexibility index (Phi) is 4.34. The number of carbonyl (C=O) groups excluding carboxylic acids is 2. The van der Waals surface area contributed by atoms with Crippen molar-refractivity contribution in [2.45, 2.75) is 27.7 Å². The molecular weight excluding hydrogens is 328 g/mol. The highest BCUT2D eigenvalue weighted by Crippen LogP contribution is 2.88. The number of carbonyl (C=O) groups is 2. The fourth-order valence-corrected chi connectivity index (χ4v) is 6.53. The van der Waals surface area contributed by atoms with E-state index in [1.54, 1.807) is 24.3 Å². The van der Waals surface area contributed by atoms with Crippen molar-refractivity contribution in [1.82, 2.24) is 0 Å². The van der Waals surface area contributed by atoms with Crippen LogP contribution in [0.1, 0.15) is 33.3 Å². The van der Waals surface area contributed by atoms with E-state index in [9.17, 15) is 9.59 Å². The highest BCUT2D eigenvalue weighted by Gasteiger charge is 2.88. The molecule has 0 heterocycles. The summed E-state index contributed by atoms with van der Waals surface area (Å²) in [5.74, 6) is 3.26. The van der Waals surface area contributed by atoms with Crippen LogP contribution in [0.2, 0.25) is 0 Å². The van der Waals surface area contributed by atoms with E-state index in [-0.39, 0.29) is 11.4 Å². The van der Waals surface area contributed by atoms with E-state index in [1.807, 2.05) is 6.07 Å². The largest absolute Gasteiger partial charge is 0.469 e. The molecule has 1 N–H and O–H groups in total. The van der Waals surface area contributed by atoms with E-state index in [2.05, 4.69) is 33.0 Å². The lowest BCUT2D eigenvalue weighted by molar-refractivity contribution is -0.408. The molecule has 3 aliphatic carbocycles. The van der Waals surface area contributed by atoms with E-state index in [4.69, 9.17) is 10.00 Å². The number of rotatable bonds is 3. The Balaban J connectivity index is 0.000000160. The van der Waals surface area contributed by atoms with Gasteiger partial charge in [-0.1, -0.05) is 27.7 Å². The Morgan fingerprint density at radius 3 is 2.08 bits per heavy atom. The highest BCUT2D eigenvalue weighted by molar-refractivity contribution is 5.82. The van der Waals surface area contributed by atoms with E-state index in [0.717, 1.165) is 11.8 Å². The topological polar surface area (TPSA) is 79.2 Å². The van der Waals surface area contributed by atoms with Crippen molar-refractivity contribution in [3.8, 4) is 6.07 Å². The minimum Gasteiger partial charge on any atom is -0.469 e. The van der Waals surface area contributed by atoms with Crippen LogP contribution in [0.4, 0.5) is 5.69 Å². The molecular formula is C21H26N2O3. The molecule has 0 radical (unpaired) electrons. The second-order valence-electron chi connectivity index (χ2n) is 8.35. The predicted molar refractivity (Wildman–Crippen MR) is 97.9 cm³/mol. The summed E-state index contributed by atoms with van der Waals surface area (Å²) in [6, 6.07) is 8.62. The van der Waals surface area contributed by atoms with Gasteiger partial charge in [-0.25, -0.2) is 0 Å². The fraction of sp³-hybridized carbons (Fsp3) is 0.571. The summed E-state index contributed by atoms with van der Waals surface area (Å²) in [4.78, 5) is 21.9. The highest BCUT2D eigenvalue weighted by atomic mass is 16.5. The van der Waals surface area contributed by atoms with Crippen molar-refractivity contribution in [3.63, 3.8) is 0 Å².